The van der Waals surface area contributed by atoms with E-state index in [0.717, 1.165) is 11.1 Å². The Bertz CT molecular complexity index is 557. The van der Waals surface area contributed by atoms with E-state index < -0.39 is 0 Å². The van der Waals surface area contributed by atoms with Crippen LogP contribution in [0.2, 0.25) is 5.02 Å². The topological polar surface area (TPSA) is 42.0 Å². The van der Waals surface area contributed by atoms with Gasteiger partial charge in [0.2, 0.25) is 5.91 Å². The van der Waals surface area contributed by atoms with Gasteiger partial charge in [0.1, 0.15) is 0 Å². The van der Waals surface area contributed by atoms with Gasteiger partial charge in [0.15, 0.2) is 0 Å². The van der Waals surface area contributed by atoms with E-state index in [1.807, 2.05) is 37.3 Å². The fourth-order valence-electron chi connectivity index (χ4n) is 1.84. The number of benzene rings is 1. The molecule has 0 saturated heterocycles. The second-order valence-corrected chi connectivity index (χ2v) is 4.75. The highest BCUT2D eigenvalue weighted by Gasteiger charge is 2.11. The zero-order chi connectivity index (χ0) is 13.7. The number of halogens is 1. The third-order valence-electron chi connectivity index (χ3n) is 2.89. The standard InChI is InChI=1S/C15H15ClN2O/c1-11(12-6-8-17-9-7-12)18-15(19)10-13-4-2-3-5-14(13)16/h2-9,11H,10H2,1H3,(H,18,19). The summed E-state index contributed by atoms with van der Waals surface area (Å²) in [6.07, 6.45) is 3.72. The Labute approximate surface area is 117 Å². The Morgan fingerprint density at radius 3 is 2.63 bits per heavy atom. The van der Waals surface area contributed by atoms with Gasteiger partial charge in [-0.15, -0.1) is 0 Å². The van der Waals surface area contributed by atoms with Gasteiger partial charge in [-0.2, -0.15) is 0 Å². The van der Waals surface area contributed by atoms with Crippen molar-refractivity contribution < 1.29 is 4.79 Å². The van der Waals surface area contributed by atoms with Gasteiger partial charge in [-0.1, -0.05) is 29.8 Å². The molecule has 0 fully saturated rings. The third kappa shape index (κ3) is 3.80. The molecule has 0 aliphatic heterocycles. The highest BCUT2D eigenvalue weighted by molar-refractivity contribution is 6.31. The van der Waals surface area contributed by atoms with Crippen LogP contribution in [0.1, 0.15) is 24.1 Å². The van der Waals surface area contributed by atoms with Crippen LogP contribution in [-0.2, 0) is 11.2 Å². The monoisotopic (exact) mass is 274 g/mol. The zero-order valence-electron chi connectivity index (χ0n) is 10.6. The van der Waals surface area contributed by atoms with Crippen LogP contribution in [-0.4, -0.2) is 10.9 Å². The van der Waals surface area contributed by atoms with Crippen molar-refractivity contribution in [2.75, 3.05) is 0 Å². The van der Waals surface area contributed by atoms with Crippen molar-refractivity contribution in [2.24, 2.45) is 0 Å². The van der Waals surface area contributed by atoms with Gasteiger partial charge in [-0.3, -0.25) is 9.78 Å². The van der Waals surface area contributed by atoms with E-state index in [4.69, 9.17) is 11.6 Å². The van der Waals surface area contributed by atoms with Crippen molar-refractivity contribution in [1.29, 1.82) is 0 Å². The average molecular weight is 275 g/mol. The smallest absolute Gasteiger partial charge is 0.224 e. The minimum atomic E-state index is -0.0441. The van der Waals surface area contributed by atoms with E-state index in [1.165, 1.54) is 0 Å². The Morgan fingerprint density at radius 2 is 1.95 bits per heavy atom. The van der Waals surface area contributed by atoms with Crippen LogP contribution in [0.3, 0.4) is 0 Å². The molecule has 1 N–H and O–H groups in total. The highest BCUT2D eigenvalue weighted by atomic mass is 35.5. The summed E-state index contributed by atoms with van der Waals surface area (Å²) >= 11 is 6.03. The molecule has 1 atom stereocenters. The quantitative estimate of drug-likeness (QED) is 0.931. The third-order valence-corrected chi connectivity index (χ3v) is 3.26. The molecule has 0 saturated carbocycles. The van der Waals surface area contributed by atoms with Crippen molar-refractivity contribution in [3.63, 3.8) is 0 Å². The maximum absolute atomic E-state index is 12.0. The second-order valence-electron chi connectivity index (χ2n) is 4.34. The molecule has 1 unspecified atom stereocenters. The summed E-state index contributed by atoms with van der Waals surface area (Å²) < 4.78 is 0. The number of carbonyl (C=O) groups is 1. The lowest BCUT2D eigenvalue weighted by molar-refractivity contribution is -0.121. The highest BCUT2D eigenvalue weighted by Crippen LogP contribution is 2.16. The molecule has 0 radical (unpaired) electrons. The first-order valence-electron chi connectivity index (χ1n) is 6.09. The van der Waals surface area contributed by atoms with Crippen molar-refractivity contribution in [2.45, 2.75) is 19.4 Å². The number of amides is 1. The number of hydrogen-bond donors (Lipinski definition) is 1. The lowest BCUT2D eigenvalue weighted by Gasteiger charge is -2.14. The van der Waals surface area contributed by atoms with Crippen LogP contribution in [0.25, 0.3) is 0 Å². The molecule has 0 spiro atoms. The van der Waals surface area contributed by atoms with Crippen LogP contribution < -0.4 is 5.32 Å². The van der Waals surface area contributed by atoms with Gasteiger partial charge in [-0.25, -0.2) is 0 Å². The number of nitrogens with zero attached hydrogens (tertiary/aromatic N) is 1. The number of nitrogens with one attached hydrogen (secondary N) is 1. The Hall–Kier alpha value is -1.87. The molecule has 1 aromatic carbocycles. The van der Waals surface area contributed by atoms with E-state index in [-0.39, 0.29) is 18.4 Å². The molecule has 98 valence electrons. The molecule has 0 aliphatic rings. The predicted octanol–water partition coefficient (Wildman–Crippen LogP) is 3.15. The number of pyridine rings is 1. The maximum atomic E-state index is 12.0. The van der Waals surface area contributed by atoms with Crippen molar-refractivity contribution in [3.8, 4) is 0 Å². The van der Waals surface area contributed by atoms with Crippen LogP contribution in [0, 0.1) is 0 Å². The van der Waals surface area contributed by atoms with E-state index >= 15 is 0 Å². The van der Waals surface area contributed by atoms with E-state index in [9.17, 15) is 4.79 Å². The van der Waals surface area contributed by atoms with Gasteiger partial charge >= 0.3 is 0 Å². The Morgan fingerprint density at radius 1 is 1.26 bits per heavy atom. The van der Waals surface area contributed by atoms with Gasteiger partial charge in [0.05, 0.1) is 12.5 Å². The van der Waals surface area contributed by atoms with Gasteiger partial charge in [0, 0.05) is 17.4 Å². The Kier molecular flexibility index (Phi) is 4.53. The van der Waals surface area contributed by atoms with E-state index in [0.29, 0.717) is 5.02 Å². The van der Waals surface area contributed by atoms with Crippen molar-refractivity contribution in [3.05, 3.63) is 64.9 Å². The number of hydrogen-bond acceptors (Lipinski definition) is 2. The normalized spacial score (nSPS) is 11.9. The predicted molar refractivity (Wildman–Crippen MR) is 76.0 cm³/mol. The molecular formula is C15H15ClN2O. The lowest BCUT2D eigenvalue weighted by Crippen LogP contribution is -2.28. The first kappa shape index (κ1) is 13.6. The fourth-order valence-corrected chi connectivity index (χ4v) is 2.05. The molecule has 2 aromatic rings. The van der Waals surface area contributed by atoms with Crippen LogP contribution in [0.5, 0.6) is 0 Å². The van der Waals surface area contributed by atoms with Crippen LogP contribution in [0.4, 0.5) is 0 Å². The lowest BCUT2D eigenvalue weighted by atomic mass is 10.1. The van der Waals surface area contributed by atoms with Gasteiger partial charge < -0.3 is 5.32 Å². The largest absolute Gasteiger partial charge is 0.349 e. The molecule has 0 aliphatic carbocycles. The molecule has 4 heteroatoms. The molecule has 19 heavy (non-hydrogen) atoms. The maximum Gasteiger partial charge on any atom is 0.224 e. The summed E-state index contributed by atoms with van der Waals surface area (Å²) in [6.45, 7) is 1.94. The first-order valence-corrected chi connectivity index (χ1v) is 6.47. The SMILES string of the molecule is CC(NC(=O)Cc1ccccc1Cl)c1ccncc1. The molecule has 1 aromatic heterocycles. The van der Waals surface area contributed by atoms with Gasteiger partial charge in [0.25, 0.3) is 0 Å². The summed E-state index contributed by atoms with van der Waals surface area (Å²) in [5, 5.41) is 3.57. The molecule has 0 bridgehead atoms. The molecule has 2 rings (SSSR count). The zero-order valence-corrected chi connectivity index (χ0v) is 11.4. The van der Waals surface area contributed by atoms with Crippen molar-refractivity contribution in [1.82, 2.24) is 10.3 Å². The first-order chi connectivity index (χ1) is 9.16. The molecule has 1 heterocycles. The van der Waals surface area contributed by atoms with Crippen LogP contribution >= 0.6 is 11.6 Å². The van der Waals surface area contributed by atoms with Crippen molar-refractivity contribution >= 4 is 17.5 Å². The summed E-state index contributed by atoms with van der Waals surface area (Å²) in [4.78, 5) is 15.9. The molecule has 3 nitrogen and oxygen atoms in total. The van der Waals surface area contributed by atoms with E-state index in [2.05, 4.69) is 10.3 Å². The minimum Gasteiger partial charge on any atom is -0.349 e. The minimum absolute atomic E-state index is 0.0435. The number of carbonyl (C=O) groups excluding carboxylic acids is 1. The summed E-state index contributed by atoms with van der Waals surface area (Å²) in [5.74, 6) is -0.0441. The summed E-state index contributed by atoms with van der Waals surface area (Å²) in [7, 11) is 0. The molecular weight excluding hydrogens is 260 g/mol. The number of aromatic nitrogens is 1. The van der Waals surface area contributed by atoms with Gasteiger partial charge in [-0.05, 0) is 36.2 Å². The molecule has 1 amide bonds. The van der Waals surface area contributed by atoms with Crippen LogP contribution in [0.15, 0.2) is 48.8 Å². The average Bonchev–Trinajstić information content (AvgIpc) is 2.42. The number of rotatable bonds is 4. The summed E-state index contributed by atoms with van der Waals surface area (Å²) in [5.41, 5.74) is 1.87. The summed E-state index contributed by atoms with van der Waals surface area (Å²) in [6, 6.07) is 11.1. The fraction of sp³-hybridized carbons (Fsp3) is 0.200. The second kappa shape index (κ2) is 6.34. The Balaban J connectivity index is 1.97. The van der Waals surface area contributed by atoms with E-state index in [1.54, 1.807) is 18.5 Å².